The maximum atomic E-state index is 13.3. The number of methoxy groups -OCH3 is 3. The van der Waals surface area contributed by atoms with E-state index in [1.54, 1.807) is 36.5 Å². The number of benzene rings is 1. The number of halogens is 1. The van der Waals surface area contributed by atoms with E-state index >= 15 is 0 Å². The van der Waals surface area contributed by atoms with Crippen molar-refractivity contribution in [3.63, 3.8) is 0 Å². The molecule has 3 aromatic heterocycles. The van der Waals surface area contributed by atoms with Crippen molar-refractivity contribution in [3.8, 4) is 34.5 Å². The van der Waals surface area contributed by atoms with E-state index in [9.17, 15) is 12.8 Å². The Morgan fingerprint density at radius 1 is 0.946 bits per heavy atom. The largest absolute Gasteiger partial charge is 0.494 e. The maximum Gasteiger partial charge on any atom is 0.243 e. The summed E-state index contributed by atoms with van der Waals surface area (Å²) in [5, 5.41) is 7.34. The molecule has 4 rings (SSSR count). The van der Waals surface area contributed by atoms with Gasteiger partial charge in [-0.1, -0.05) is 6.07 Å². The average molecular weight is 530 g/mol. The first-order valence-corrected chi connectivity index (χ1v) is 12.5. The Kier molecular flexibility index (Phi) is 7.47. The molecule has 0 spiro atoms. The fraction of sp³-hybridized carbons (Fsp3) is 0.261. The van der Waals surface area contributed by atoms with E-state index in [2.05, 4.69) is 29.9 Å². The van der Waals surface area contributed by atoms with Gasteiger partial charge in [0.15, 0.2) is 17.3 Å². The topological polar surface area (TPSA) is 143 Å². The van der Waals surface area contributed by atoms with Crippen LogP contribution in [0.5, 0.6) is 17.2 Å². The number of hydrogen-bond donors (Lipinski definition) is 1. The van der Waals surface area contributed by atoms with Crippen LogP contribution in [0.1, 0.15) is 12.7 Å². The highest BCUT2D eigenvalue weighted by molar-refractivity contribution is 7.93. The zero-order valence-electron chi connectivity index (χ0n) is 20.4. The summed E-state index contributed by atoms with van der Waals surface area (Å²) in [5.41, 5.74) is 0.649. The molecule has 0 saturated heterocycles. The van der Waals surface area contributed by atoms with E-state index in [4.69, 9.17) is 14.2 Å². The summed E-state index contributed by atoms with van der Waals surface area (Å²) >= 11 is 0. The fourth-order valence-electron chi connectivity index (χ4n) is 3.53. The zero-order chi connectivity index (χ0) is 26.6. The minimum Gasteiger partial charge on any atom is -0.494 e. The normalized spacial score (nSPS) is 12.1. The van der Waals surface area contributed by atoms with Crippen molar-refractivity contribution >= 4 is 16.0 Å². The number of pyridine rings is 1. The molecule has 1 aromatic carbocycles. The van der Waals surface area contributed by atoms with Crippen molar-refractivity contribution in [1.82, 2.24) is 29.7 Å². The Labute approximate surface area is 212 Å². The minimum absolute atomic E-state index is 0.0668. The summed E-state index contributed by atoms with van der Waals surface area (Å²) in [6.45, 7) is 1.47. The molecule has 14 heteroatoms. The third kappa shape index (κ3) is 5.28. The lowest BCUT2D eigenvalue weighted by atomic mass is 10.2. The molecule has 0 amide bonds. The van der Waals surface area contributed by atoms with Crippen LogP contribution in [0.3, 0.4) is 0 Å². The quantitative estimate of drug-likeness (QED) is 0.326. The van der Waals surface area contributed by atoms with Gasteiger partial charge in [-0.25, -0.2) is 27.8 Å². The second kappa shape index (κ2) is 10.7. The van der Waals surface area contributed by atoms with Crippen LogP contribution in [0.4, 0.5) is 10.3 Å². The molecular weight excluding hydrogens is 505 g/mol. The van der Waals surface area contributed by atoms with Gasteiger partial charge in [-0.2, -0.15) is 0 Å². The van der Waals surface area contributed by atoms with Gasteiger partial charge in [0.25, 0.3) is 0 Å². The van der Waals surface area contributed by atoms with Gasteiger partial charge < -0.3 is 14.2 Å². The van der Waals surface area contributed by atoms with Crippen LogP contribution in [-0.4, -0.2) is 64.7 Å². The highest BCUT2D eigenvalue weighted by atomic mass is 32.2. The van der Waals surface area contributed by atoms with Crippen LogP contribution >= 0.6 is 0 Å². The molecule has 0 aliphatic heterocycles. The van der Waals surface area contributed by atoms with Crippen LogP contribution in [0.15, 0.2) is 48.9 Å². The highest BCUT2D eigenvalue weighted by Gasteiger charge is 2.29. The van der Waals surface area contributed by atoms with Crippen molar-refractivity contribution in [3.05, 3.63) is 60.6 Å². The number of rotatable bonds is 10. The van der Waals surface area contributed by atoms with E-state index in [1.807, 2.05) is 0 Å². The summed E-state index contributed by atoms with van der Waals surface area (Å²) in [6, 6.07) is 8.47. The third-order valence-electron chi connectivity index (χ3n) is 5.40. The van der Waals surface area contributed by atoms with Gasteiger partial charge in [0.05, 0.1) is 39.0 Å². The second-order valence-corrected chi connectivity index (χ2v) is 9.83. The number of anilines is 1. The Bertz CT molecular complexity index is 1470. The first-order valence-electron chi connectivity index (χ1n) is 10.9. The summed E-state index contributed by atoms with van der Waals surface area (Å²) in [7, 11) is 0.365. The Morgan fingerprint density at radius 2 is 1.57 bits per heavy atom. The lowest BCUT2D eigenvalue weighted by Crippen LogP contribution is -2.29. The number of nitrogens with zero attached hydrogens (tertiary/aromatic N) is 6. The molecule has 1 N–H and O–H groups in total. The van der Waals surface area contributed by atoms with E-state index in [0.717, 1.165) is 12.4 Å². The predicted molar refractivity (Wildman–Crippen MR) is 132 cm³/mol. The molecule has 37 heavy (non-hydrogen) atoms. The van der Waals surface area contributed by atoms with E-state index in [-0.39, 0.29) is 24.0 Å². The molecule has 0 radical (unpaired) electrons. The molecule has 3 heterocycles. The van der Waals surface area contributed by atoms with Gasteiger partial charge in [-0.3, -0.25) is 9.29 Å². The van der Waals surface area contributed by atoms with Crippen LogP contribution in [0.2, 0.25) is 0 Å². The lowest BCUT2D eigenvalue weighted by molar-refractivity contribution is 0.391. The van der Waals surface area contributed by atoms with Crippen molar-refractivity contribution in [1.29, 1.82) is 0 Å². The molecule has 0 aliphatic rings. The molecule has 0 aliphatic carbocycles. The summed E-state index contributed by atoms with van der Waals surface area (Å²) in [4.78, 5) is 12.1. The van der Waals surface area contributed by atoms with Crippen LogP contribution < -0.4 is 18.9 Å². The molecule has 0 unspecified atom stereocenters. The molecular formula is C23H24FN7O5S. The number of nitrogens with one attached hydrogen (secondary N) is 1. The van der Waals surface area contributed by atoms with Crippen LogP contribution in [0.25, 0.3) is 17.2 Å². The summed E-state index contributed by atoms with van der Waals surface area (Å²) < 4.78 is 60.2. The molecule has 0 fully saturated rings. The smallest absolute Gasteiger partial charge is 0.243 e. The molecule has 4 aromatic rings. The van der Waals surface area contributed by atoms with Crippen LogP contribution in [-0.2, 0) is 16.4 Å². The molecule has 0 bridgehead atoms. The zero-order valence-corrected chi connectivity index (χ0v) is 21.2. The monoisotopic (exact) mass is 529 g/mol. The predicted octanol–water partition coefficient (Wildman–Crippen LogP) is 2.66. The van der Waals surface area contributed by atoms with E-state index in [0.29, 0.717) is 28.6 Å². The molecule has 12 nitrogen and oxygen atoms in total. The molecule has 0 saturated carbocycles. The van der Waals surface area contributed by atoms with Gasteiger partial charge in [-0.15, -0.1) is 10.2 Å². The average Bonchev–Trinajstić information content (AvgIpc) is 3.31. The Hall–Kier alpha value is -4.33. The highest BCUT2D eigenvalue weighted by Crippen LogP contribution is 2.39. The summed E-state index contributed by atoms with van der Waals surface area (Å²) in [6.07, 6.45) is 3.44. The van der Waals surface area contributed by atoms with E-state index in [1.165, 1.54) is 32.8 Å². The van der Waals surface area contributed by atoms with Gasteiger partial charge in [-0.05, 0) is 31.2 Å². The first-order chi connectivity index (χ1) is 17.8. The van der Waals surface area contributed by atoms with Gasteiger partial charge in [0, 0.05) is 12.6 Å². The maximum absolute atomic E-state index is 13.3. The molecule has 1 atom stereocenters. The standard InChI is InChI=1S/C23H24FN7O5S/c1-14(11-19-26-12-15(24)13-27-19)37(32,33)30-23-29-28-22(20-16(34-2)9-6-10-25-20)31(23)21-17(35-3)7-5-8-18(21)36-4/h5-10,12-14H,11H2,1-4H3,(H,29,30)/t14-/m1/s1. The number of sulfonamides is 1. The Balaban J connectivity index is 1.84. The van der Waals surface area contributed by atoms with Gasteiger partial charge in [0.1, 0.15) is 28.8 Å². The SMILES string of the molecule is COc1cccnc1-c1nnc(NS(=O)(=O)[C@H](C)Cc2ncc(F)cn2)n1-c1c(OC)cccc1OC. The fourth-order valence-corrected chi connectivity index (χ4v) is 4.49. The summed E-state index contributed by atoms with van der Waals surface area (Å²) in [5.74, 6) is 0.706. The minimum atomic E-state index is -4.06. The number of ether oxygens (including phenoxy) is 3. The second-order valence-electron chi connectivity index (χ2n) is 7.73. The number of para-hydroxylation sites is 1. The van der Waals surface area contributed by atoms with Gasteiger partial charge >= 0.3 is 0 Å². The van der Waals surface area contributed by atoms with Gasteiger partial charge in [0.2, 0.25) is 16.0 Å². The number of aromatic nitrogens is 6. The van der Waals surface area contributed by atoms with Crippen molar-refractivity contribution in [2.45, 2.75) is 18.6 Å². The Morgan fingerprint density at radius 3 is 2.19 bits per heavy atom. The van der Waals surface area contributed by atoms with Crippen LogP contribution in [0, 0.1) is 5.82 Å². The first kappa shape index (κ1) is 25.8. The third-order valence-corrected chi connectivity index (χ3v) is 7.09. The van der Waals surface area contributed by atoms with Crippen molar-refractivity contribution < 1.29 is 27.0 Å². The van der Waals surface area contributed by atoms with Crippen molar-refractivity contribution in [2.24, 2.45) is 0 Å². The number of hydrogen-bond acceptors (Lipinski definition) is 10. The lowest BCUT2D eigenvalue weighted by Gasteiger charge is -2.19. The molecule has 194 valence electrons. The van der Waals surface area contributed by atoms with Crippen molar-refractivity contribution in [2.75, 3.05) is 26.1 Å². The van der Waals surface area contributed by atoms with E-state index < -0.39 is 21.1 Å².